The van der Waals surface area contributed by atoms with Crippen molar-refractivity contribution in [3.05, 3.63) is 29.7 Å². The molecule has 21 heavy (non-hydrogen) atoms. The van der Waals surface area contributed by atoms with Crippen molar-refractivity contribution in [3.8, 4) is 6.07 Å². The fraction of sp³-hybridized carbons (Fsp3) is 0.167. The predicted molar refractivity (Wildman–Crippen MR) is 87.0 cm³/mol. The van der Waals surface area contributed by atoms with Crippen LogP contribution in [0, 0.1) is 11.3 Å². The Bertz CT molecular complexity index is 672. The molecule has 0 aliphatic heterocycles. The average molecular weight is 337 g/mol. The van der Waals surface area contributed by atoms with Crippen LogP contribution in [0.5, 0.6) is 0 Å². The summed E-state index contributed by atoms with van der Waals surface area (Å²) in [5.41, 5.74) is 0.477. The van der Waals surface area contributed by atoms with Crippen LogP contribution in [0.1, 0.15) is 5.56 Å². The minimum absolute atomic E-state index is 0.172. The molecule has 0 bridgehead atoms. The lowest BCUT2D eigenvalue weighted by molar-refractivity contribution is -0.113. The molecule has 0 spiro atoms. The van der Waals surface area contributed by atoms with E-state index in [9.17, 15) is 4.79 Å². The molecule has 9 heteroatoms. The lowest BCUT2D eigenvalue weighted by Gasteiger charge is -2.01. The zero-order valence-electron chi connectivity index (χ0n) is 10.8. The summed E-state index contributed by atoms with van der Waals surface area (Å²) in [6, 6.07) is 3.71. The molecule has 0 aromatic carbocycles. The zero-order valence-corrected chi connectivity index (χ0v) is 13.3. The van der Waals surface area contributed by atoms with Crippen LogP contribution in [0.15, 0.2) is 28.4 Å². The number of nitriles is 1. The van der Waals surface area contributed by atoms with Gasteiger partial charge in [0.2, 0.25) is 11.0 Å². The SMILES string of the molecule is C=CCNc1nnc(SCC(=O)Nc2sccc2C#N)s1. The summed E-state index contributed by atoms with van der Waals surface area (Å²) in [6.07, 6.45) is 1.73. The third kappa shape index (κ3) is 4.56. The zero-order chi connectivity index (χ0) is 15.1. The van der Waals surface area contributed by atoms with E-state index in [0.717, 1.165) is 0 Å². The molecular formula is C12H11N5OS3. The van der Waals surface area contributed by atoms with Gasteiger partial charge in [0.1, 0.15) is 11.1 Å². The second kappa shape index (κ2) is 7.78. The molecule has 0 aliphatic rings. The maximum Gasteiger partial charge on any atom is 0.235 e. The predicted octanol–water partition coefficient (Wildman–Crippen LogP) is 2.80. The molecular weight excluding hydrogens is 326 g/mol. The second-order valence-electron chi connectivity index (χ2n) is 3.65. The highest BCUT2D eigenvalue weighted by Crippen LogP contribution is 2.26. The van der Waals surface area contributed by atoms with Gasteiger partial charge in [-0.3, -0.25) is 4.79 Å². The maximum absolute atomic E-state index is 11.8. The molecule has 0 saturated carbocycles. The summed E-state index contributed by atoms with van der Waals surface area (Å²) in [4.78, 5) is 11.8. The summed E-state index contributed by atoms with van der Waals surface area (Å²) in [6.45, 7) is 4.23. The van der Waals surface area contributed by atoms with Crippen molar-refractivity contribution in [3.63, 3.8) is 0 Å². The number of nitrogens with one attached hydrogen (secondary N) is 2. The number of carbonyl (C=O) groups is 1. The van der Waals surface area contributed by atoms with Gasteiger partial charge >= 0.3 is 0 Å². The summed E-state index contributed by atoms with van der Waals surface area (Å²) in [7, 11) is 0. The molecule has 2 aromatic rings. The van der Waals surface area contributed by atoms with E-state index in [2.05, 4.69) is 27.4 Å². The van der Waals surface area contributed by atoms with E-state index in [1.807, 2.05) is 6.07 Å². The molecule has 0 fully saturated rings. The number of carbonyl (C=O) groups excluding carboxylic acids is 1. The van der Waals surface area contributed by atoms with Crippen LogP contribution in [0.25, 0.3) is 0 Å². The number of aromatic nitrogens is 2. The molecule has 2 N–H and O–H groups in total. The highest BCUT2D eigenvalue weighted by Gasteiger charge is 2.10. The largest absolute Gasteiger partial charge is 0.357 e. The highest BCUT2D eigenvalue weighted by atomic mass is 32.2. The fourth-order valence-electron chi connectivity index (χ4n) is 1.28. The Hall–Kier alpha value is -1.89. The molecule has 2 aromatic heterocycles. The van der Waals surface area contributed by atoms with E-state index in [1.165, 1.54) is 34.4 Å². The summed E-state index contributed by atoms with van der Waals surface area (Å²) < 4.78 is 0.711. The second-order valence-corrected chi connectivity index (χ2v) is 6.77. The van der Waals surface area contributed by atoms with Gasteiger partial charge in [-0.15, -0.1) is 28.1 Å². The number of anilines is 2. The third-order valence-corrected chi connectivity index (χ3v) is 5.01. The van der Waals surface area contributed by atoms with Crippen molar-refractivity contribution in [1.82, 2.24) is 10.2 Å². The minimum Gasteiger partial charge on any atom is -0.357 e. The topological polar surface area (TPSA) is 90.7 Å². The number of hydrogen-bond acceptors (Lipinski definition) is 8. The van der Waals surface area contributed by atoms with Crippen LogP contribution in [-0.2, 0) is 4.79 Å². The molecule has 0 aliphatic carbocycles. The highest BCUT2D eigenvalue weighted by molar-refractivity contribution is 8.01. The Balaban J connectivity index is 1.82. The van der Waals surface area contributed by atoms with Crippen LogP contribution in [0.3, 0.4) is 0 Å². The van der Waals surface area contributed by atoms with Gasteiger partial charge in [0.15, 0.2) is 4.34 Å². The van der Waals surface area contributed by atoms with E-state index in [1.54, 1.807) is 17.5 Å². The molecule has 108 valence electrons. The number of rotatable bonds is 7. The number of thiophene rings is 1. The fourth-order valence-corrected chi connectivity index (χ4v) is 3.60. The van der Waals surface area contributed by atoms with E-state index in [0.29, 0.717) is 26.6 Å². The molecule has 2 rings (SSSR count). The average Bonchev–Trinajstić information content (AvgIpc) is 3.11. The molecule has 2 heterocycles. The standard InChI is InChI=1S/C12H11N5OS3/c1-2-4-14-11-16-17-12(21-11)20-7-9(18)15-10-8(6-13)3-5-19-10/h2-3,5H,1,4,7H2,(H,14,16)(H,15,18). The van der Waals surface area contributed by atoms with Crippen LogP contribution >= 0.6 is 34.4 Å². The number of thioether (sulfide) groups is 1. The van der Waals surface area contributed by atoms with Crippen molar-refractivity contribution in [1.29, 1.82) is 5.26 Å². The molecule has 0 saturated heterocycles. The number of amides is 1. The van der Waals surface area contributed by atoms with Crippen LogP contribution in [-0.4, -0.2) is 28.4 Å². The summed E-state index contributed by atoms with van der Waals surface area (Å²) in [5, 5.41) is 25.6. The Morgan fingerprint density at radius 1 is 1.57 bits per heavy atom. The van der Waals surface area contributed by atoms with Gasteiger partial charge in [-0.2, -0.15) is 5.26 Å². The number of hydrogen-bond donors (Lipinski definition) is 2. The first-order chi connectivity index (χ1) is 10.2. The lowest BCUT2D eigenvalue weighted by Crippen LogP contribution is -2.13. The number of nitrogens with zero attached hydrogens (tertiary/aromatic N) is 3. The van der Waals surface area contributed by atoms with Crippen molar-refractivity contribution >= 4 is 50.5 Å². The Morgan fingerprint density at radius 3 is 3.19 bits per heavy atom. The van der Waals surface area contributed by atoms with Gasteiger partial charge in [-0.1, -0.05) is 29.2 Å². The maximum atomic E-state index is 11.8. The minimum atomic E-state index is -0.172. The summed E-state index contributed by atoms with van der Waals surface area (Å²) >= 11 is 4.02. The first-order valence-corrected chi connectivity index (χ1v) is 8.49. The van der Waals surface area contributed by atoms with Crippen LogP contribution < -0.4 is 10.6 Å². The normalized spacial score (nSPS) is 9.86. The van der Waals surface area contributed by atoms with Crippen molar-refractivity contribution in [2.24, 2.45) is 0 Å². The molecule has 0 radical (unpaired) electrons. The van der Waals surface area contributed by atoms with Crippen molar-refractivity contribution < 1.29 is 4.79 Å². The van der Waals surface area contributed by atoms with Gasteiger partial charge in [-0.25, -0.2) is 0 Å². The van der Waals surface area contributed by atoms with Gasteiger partial charge in [0.25, 0.3) is 0 Å². The van der Waals surface area contributed by atoms with Crippen LogP contribution in [0.4, 0.5) is 10.1 Å². The van der Waals surface area contributed by atoms with Gasteiger partial charge < -0.3 is 10.6 Å². The van der Waals surface area contributed by atoms with E-state index < -0.39 is 0 Å². The molecule has 6 nitrogen and oxygen atoms in total. The van der Waals surface area contributed by atoms with Gasteiger partial charge in [0.05, 0.1) is 11.3 Å². The first kappa shape index (κ1) is 15.5. The Morgan fingerprint density at radius 2 is 2.43 bits per heavy atom. The third-order valence-electron chi connectivity index (χ3n) is 2.17. The van der Waals surface area contributed by atoms with Gasteiger partial charge in [0, 0.05) is 6.54 Å². The van der Waals surface area contributed by atoms with Crippen LogP contribution in [0.2, 0.25) is 0 Å². The Labute approximate surface area is 133 Å². The summed E-state index contributed by atoms with van der Waals surface area (Å²) in [5.74, 6) is 0.0496. The van der Waals surface area contributed by atoms with Crippen molar-refractivity contribution in [2.75, 3.05) is 22.9 Å². The van der Waals surface area contributed by atoms with Gasteiger partial charge in [-0.05, 0) is 11.4 Å². The first-order valence-electron chi connectivity index (χ1n) is 5.81. The smallest absolute Gasteiger partial charge is 0.235 e. The monoisotopic (exact) mass is 337 g/mol. The van der Waals surface area contributed by atoms with E-state index >= 15 is 0 Å². The van der Waals surface area contributed by atoms with E-state index in [-0.39, 0.29) is 11.7 Å². The lowest BCUT2D eigenvalue weighted by atomic mass is 10.3. The molecule has 0 unspecified atom stereocenters. The molecule has 1 amide bonds. The Kier molecular flexibility index (Phi) is 5.74. The quantitative estimate of drug-likeness (QED) is 0.596. The molecule has 0 atom stereocenters. The van der Waals surface area contributed by atoms with Crippen molar-refractivity contribution in [2.45, 2.75) is 4.34 Å². The van der Waals surface area contributed by atoms with E-state index in [4.69, 9.17) is 5.26 Å².